The van der Waals surface area contributed by atoms with Gasteiger partial charge >= 0.3 is 0 Å². The van der Waals surface area contributed by atoms with E-state index in [4.69, 9.17) is 16.3 Å². The Bertz CT molecular complexity index is 850. The summed E-state index contributed by atoms with van der Waals surface area (Å²) in [6, 6.07) is 12.2. The highest BCUT2D eigenvalue weighted by Gasteiger charge is 2.19. The summed E-state index contributed by atoms with van der Waals surface area (Å²) in [6.45, 7) is 12.2. The Balaban J connectivity index is 1.57. The fraction of sp³-hybridized carbons (Fsp3) is 0.480. The Hall–Kier alpha value is -2.20. The molecule has 0 aliphatic carbocycles. The quantitative estimate of drug-likeness (QED) is 0.628. The normalized spacial score (nSPS) is 16.8. The number of benzene rings is 2. The van der Waals surface area contributed by atoms with Crippen LogP contribution in [0.5, 0.6) is 5.75 Å². The molecule has 162 valence electrons. The van der Waals surface area contributed by atoms with Gasteiger partial charge in [0, 0.05) is 23.8 Å². The third-order valence-corrected chi connectivity index (χ3v) is 6.59. The molecule has 2 unspecified atom stereocenters. The van der Waals surface area contributed by atoms with Gasteiger partial charge in [-0.1, -0.05) is 30.7 Å². The number of carbonyl (C=O) groups is 1. The molecule has 2 aromatic carbocycles. The second-order valence-electron chi connectivity index (χ2n) is 8.62. The first-order valence-electron chi connectivity index (χ1n) is 10.8. The van der Waals surface area contributed by atoms with Crippen LogP contribution in [0.25, 0.3) is 0 Å². The predicted octanol–water partition coefficient (Wildman–Crippen LogP) is 5.84. The Labute approximate surface area is 185 Å². The van der Waals surface area contributed by atoms with Gasteiger partial charge in [-0.25, -0.2) is 0 Å². The molecule has 1 amide bonds. The van der Waals surface area contributed by atoms with Crippen LogP contribution in [0.3, 0.4) is 0 Å². The monoisotopic (exact) mass is 428 g/mol. The zero-order valence-electron chi connectivity index (χ0n) is 18.7. The van der Waals surface area contributed by atoms with Crippen LogP contribution in [0.4, 0.5) is 5.69 Å². The van der Waals surface area contributed by atoms with Crippen LogP contribution in [-0.2, 0) is 4.79 Å². The molecular weight excluding hydrogens is 396 g/mol. The Morgan fingerprint density at radius 2 is 1.67 bits per heavy atom. The van der Waals surface area contributed by atoms with E-state index < -0.39 is 6.10 Å². The van der Waals surface area contributed by atoms with E-state index in [1.54, 1.807) is 6.92 Å². The zero-order chi connectivity index (χ0) is 21.8. The summed E-state index contributed by atoms with van der Waals surface area (Å²) >= 11 is 6.21. The number of nitrogens with one attached hydrogen (secondary N) is 1. The van der Waals surface area contributed by atoms with Gasteiger partial charge in [0.15, 0.2) is 6.10 Å². The fourth-order valence-electron chi connectivity index (χ4n) is 3.89. The maximum Gasteiger partial charge on any atom is 0.261 e. The van der Waals surface area contributed by atoms with Crippen LogP contribution in [0.15, 0.2) is 36.4 Å². The fourth-order valence-corrected chi connectivity index (χ4v) is 4.00. The van der Waals surface area contributed by atoms with Crippen molar-refractivity contribution in [2.24, 2.45) is 5.92 Å². The molecule has 2 aromatic rings. The Morgan fingerprint density at radius 3 is 2.23 bits per heavy atom. The second kappa shape index (κ2) is 9.74. The van der Waals surface area contributed by atoms with Crippen molar-refractivity contribution >= 4 is 23.2 Å². The van der Waals surface area contributed by atoms with Gasteiger partial charge in [-0.3, -0.25) is 4.79 Å². The van der Waals surface area contributed by atoms with E-state index in [0.717, 1.165) is 40.7 Å². The van der Waals surface area contributed by atoms with E-state index in [-0.39, 0.29) is 11.9 Å². The first-order chi connectivity index (χ1) is 14.2. The number of anilines is 1. The molecular formula is C25H33ClN2O2. The number of rotatable bonds is 6. The van der Waals surface area contributed by atoms with Gasteiger partial charge in [-0.15, -0.1) is 0 Å². The highest BCUT2D eigenvalue weighted by molar-refractivity contribution is 6.32. The molecule has 2 atom stereocenters. The standard InChI is InChI=1S/C25H33ClN2O2/c1-16-10-12-28(13-11-16)22-8-6-21(7-9-22)19(4)27-25(29)20(5)30-23-14-17(2)24(26)18(3)15-23/h6-9,14-16,19-20H,10-13H2,1-5H3,(H,27,29). The van der Waals surface area contributed by atoms with Crippen molar-refractivity contribution in [1.82, 2.24) is 5.32 Å². The molecule has 0 bridgehead atoms. The number of halogens is 1. The van der Waals surface area contributed by atoms with Gasteiger partial charge in [0.2, 0.25) is 0 Å². The molecule has 0 spiro atoms. The minimum Gasteiger partial charge on any atom is -0.481 e. The van der Waals surface area contributed by atoms with Crippen LogP contribution in [0.1, 0.15) is 56.3 Å². The van der Waals surface area contributed by atoms with E-state index in [1.807, 2.05) is 32.9 Å². The molecule has 1 heterocycles. The lowest BCUT2D eigenvalue weighted by molar-refractivity contribution is -0.127. The lowest BCUT2D eigenvalue weighted by atomic mass is 9.98. The van der Waals surface area contributed by atoms with Crippen molar-refractivity contribution in [2.75, 3.05) is 18.0 Å². The highest BCUT2D eigenvalue weighted by Crippen LogP contribution is 2.27. The molecule has 1 fully saturated rings. The van der Waals surface area contributed by atoms with E-state index in [9.17, 15) is 4.79 Å². The average molecular weight is 429 g/mol. The Morgan fingerprint density at radius 1 is 1.10 bits per heavy atom. The Kier molecular flexibility index (Phi) is 7.30. The summed E-state index contributed by atoms with van der Waals surface area (Å²) in [5.74, 6) is 1.34. The number of nitrogens with zero attached hydrogens (tertiary/aromatic N) is 1. The lowest BCUT2D eigenvalue weighted by Gasteiger charge is -2.32. The van der Waals surface area contributed by atoms with Crippen LogP contribution in [0.2, 0.25) is 5.02 Å². The van der Waals surface area contributed by atoms with Crippen molar-refractivity contribution in [1.29, 1.82) is 0 Å². The van der Waals surface area contributed by atoms with Crippen LogP contribution < -0.4 is 15.0 Å². The summed E-state index contributed by atoms with van der Waals surface area (Å²) in [6.07, 6.45) is 1.90. The van der Waals surface area contributed by atoms with Crippen molar-refractivity contribution in [3.05, 3.63) is 58.1 Å². The van der Waals surface area contributed by atoms with Gasteiger partial charge in [0.25, 0.3) is 5.91 Å². The van der Waals surface area contributed by atoms with Gasteiger partial charge in [-0.05, 0) is 87.4 Å². The third-order valence-electron chi connectivity index (χ3n) is 5.99. The number of amides is 1. The number of aryl methyl sites for hydroxylation is 2. The molecule has 30 heavy (non-hydrogen) atoms. The highest BCUT2D eigenvalue weighted by atomic mass is 35.5. The smallest absolute Gasteiger partial charge is 0.261 e. The first kappa shape index (κ1) is 22.5. The lowest BCUT2D eigenvalue weighted by Crippen LogP contribution is -2.37. The van der Waals surface area contributed by atoms with Crippen molar-refractivity contribution in [3.8, 4) is 5.75 Å². The molecule has 3 rings (SSSR count). The molecule has 1 aliphatic heterocycles. The van der Waals surface area contributed by atoms with Crippen molar-refractivity contribution in [2.45, 2.75) is 59.6 Å². The van der Waals surface area contributed by atoms with Crippen LogP contribution in [-0.4, -0.2) is 25.1 Å². The van der Waals surface area contributed by atoms with Crippen molar-refractivity contribution in [3.63, 3.8) is 0 Å². The number of carbonyl (C=O) groups excluding carboxylic acids is 1. The summed E-state index contributed by atoms with van der Waals surface area (Å²) in [7, 11) is 0. The second-order valence-corrected chi connectivity index (χ2v) is 9.00. The van der Waals surface area contributed by atoms with Gasteiger partial charge < -0.3 is 15.0 Å². The van der Waals surface area contributed by atoms with Gasteiger partial charge in [-0.2, -0.15) is 0 Å². The zero-order valence-corrected chi connectivity index (χ0v) is 19.4. The third kappa shape index (κ3) is 5.48. The molecule has 0 aromatic heterocycles. The number of ether oxygens (including phenoxy) is 1. The molecule has 4 nitrogen and oxygen atoms in total. The minimum absolute atomic E-state index is 0.0901. The average Bonchev–Trinajstić information content (AvgIpc) is 2.72. The maximum atomic E-state index is 12.6. The molecule has 5 heteroatoms. The maximum absolute atomic E-state index is 12.6. The minimum atomic E-state index is -0.595. The van der Waals surface area contributed by atoms with E-state index in [1.165, 1.54) is 18.5 Å². The molecule has 1 aliphatic rings. The summed E-state index contributed by atoms with van der Waals surface area (Å²) in [5, 5.41) is 3.79. The first-order valence-corrected chi connectivity index (χ1v) is 11.2. The summed E-state index contributed by atoms with van der Waals surface area (Å²) in [4.78, 5) is 15.1. The predicted molar refractivity (Wildman–Crippen MR) is 125 cm³/mol. The molecule has 0 saturated carbocycles. The topological polar surface area (TPSA) is 41.6 Å². The van der Waals surface area contributed by atoms with Gasteiger partial charge in [0.05, 0.1) is 6.04 Å². The summed E-state index contributed by atoms with van der Waals surface area (Å²) < 4.78 is 5.86. The van der Waals surface area contributed by atoms with Crippen LogP contribution in [0, 0.1) is 19.8 Å². The van der Waals surface area contributed by atoms with E-state index >= 15 is 0 Å². The number of piperidine rings is 1. The number of hydrogen-bond acceptors (Lipinski definition) is 3. The van der Waals surface area contributed by atoms with Crippen LogP contribution >= 0.6 is 11.6 Å². The molecule has 1 N–H and O–H groups in total. The number of hydrogen-bond donors (Lipinski definition) is 1. The molecule has 1 saturated heterocycles. The van der Waals surface area contributed by atoms with Crippen molar-refractivity contribution < 1.29 is 9.53 Å². The molecule has 0 radical (unpaired) electrons. The largest absolute Gasteiger partial charge is 0.481 e. The summed E-state index contributed by atoms with van der Waals surface area (Å²) in [5.41, 5.74) is 4.23. The SMILES string of the molecule is Cc1cc(OC(C)C(=O)NC(C)c2ccc(N3CCC(C)CC3)cc2)cc(C)c1Cl. The van der Waals surface area contributed by atoms with E-state index in [0.29, 0.717) is 5.75 Å². The van der Waals surface area contributed by atoms with E-state index in [2.05, 4.69) is 41.4 Å². The van der Waals surface area contributed by atoms with Gasteiger partial charge in [0.1, 0.15) is 5.75 Å².